The number of carbonyl (C=O) groups excluding carboxylic acids is 1. The second-order valence-corrected chi connectivity index (χ2v) is 8.99. The van der Waals surface area contributed by atoms with Crippen LogP contribution in [-0.2, 0) is 9.84 Å². The Morgan fingerprint density at radius 2 is 1.89 bits per heavy atom. The van der Waals surface area contributed by atoms with Gasteiger partial charge in [-0.1, -0.05) is 22.0 Å². The number of carbonyl (C=O) groups is 1. The van der Waals surface area contributed by atoms with E-state index < -0.39 is 15.1 Å². The highest BCUT2D eigenvalue weighted by Gasteiger charge is 2.32. The number of sulfone groups is 1. The average molecular weight is 464 g/mol. The van der Waals surface area contributed by atoms with E-state index in [-0.39, 0.29) is 23.1 Å². The number of furan rings is 1. The molecule has 0 aliphatic carbocycles. The lowest BCUT2D eigenvalue weighted by molar-refractivity contribution is 0.0953. The van der Waals surface area contributed by atoms with Gasteiger partial charge in [-0.15, -0.1) is 0 Å². The Morgan fingerprint density at radius 3 is 2.50 bits per heavy atom. The van der Waals surface area contributed by atoms with E-state index >= 15 is 0 Å². The predicted molar refractivity (Wildman–Crippen MR) is 108 cm³/mol. The molecule has 6 nitrogen and oxygen atoms in total. The van der Waals surface area contributed by atoms with Crippen molar-refractivity contribution in [3.05, 3.63) is 82.7 Å². The van der Waals surface area contributed by atoms with Gasteiger partial charge in [0.15, 0.2) is 9.84 Å². The molecule has 1 aromatic heterocycles. The highest BCUT2D eigenvalue weighted by Crippen LogP contribution is 2.30. The van der Waals surface area contributed by atoms with Crippen molar-refractivity contribution in [3.8, 4) is 5.75 Å². The predicted octanol–water partition coefficient (Wildman–Crippen LogP) is 4.00. The van der Waals surface area contributed by atoms with E-state index in [1.54, 1.807) is 48.5 Å². The van der Waals surface area contributed by atoms with Gasteiger partial charge in [0.05, 0.1) is 18.3 Å². The first-order valence-electron chi connectivity index (χ1n) is 8.37. The van der Waals surface area contributed by atoms with Gasteiger partial charge in [0, 0.05) is 16.6 Å². The number of halogens is 1. The molecule has 2 aromatic carbocycles. The van der Waals surface area contributed by atoms with Gasteiger partial charge < -0.3 is 14.5 Å². The molecular formula is C20H18BrNO5S. The van der Waals surface area contributed by atoms with Crippen molar-refractivity contribution < 1.29 is 22.4 Å². The van der Waals surface area contributed by atoms with Crippen LogP contribution < -0.4 is 10.1 Å². The Morgan fingerprint density at radius 1 is 1.14 bits per heavy atom. The minimum atomic E-state index is -3.81. The molecule has 1 N–H and O–H groups in total. The molecule has 0 aliphatic rings. The van der Waals surface area contributed by atoms with Gasteiger partial charge in [-0.3, -0.25) is 4.79 Å². The van der Waals surface area contributed by atoms with Gasteiger partial charge in [-0.2, -0.15) is 0 Å². The number of nitrogens with one attached hydrogen (secondary N) is 1. The SMILES string of the molecule is COc1ccc(S(=O)(=O)[C@H](CNC(=O)c2cccc(Br)c2)c2ccco2)cc1. The van der Waals surface area contributed by atoms with Crippen molar-refractivity contribution in [1.29, 1.82) is 0 Å². The first-order chi connectivity index (χ1) is 13.4. The number of benzene rings is 2. The quantitative estimate of drug-likeness (QED) is 0.572. The lowest BCUT2D eigenvalue weighted by Gasteiger charge is -2.17. The third-order valence-corrected chi connectivity index (χ3v) is 6.73. The lowest BCUT2D eigenvalue weighted by atomic mass is 10.2. The van der Waals surface area contributed by atoms with Crippen LogP contribution in [0, 0.1) is 0 Å². The zero-order valence-corrected chi connectivity index (χ0v) is 17.4. The van der Waals surface area contributed by atoms with Gasteiger partial charge in [0.2, 0.25) is 0 Å². The van der Waals surface area contributed by atoms with Crippen LogP contribution >= 0.6 is 15.9 Å². The van der Waals surface area contributed by atoms with Crippen LogP contribution in [0.1, 0.15) is 21.4 Å². The van der Waals surface area contributed by atoms with E-state index in [0.29, 0.717) is 11.3 Å². The summed E-state index contributed by atoms with van der Waals surface area (Å²) in [6.45, 7) is -0.132. The molecule has 0 fully saturated rings. The second kappa shape index (κ2) is 8.62. The van der Waals surface area contributed by atoms with E-state index in [4.69, 9.17) is 9.15 Å². The number of methoxy groups -OCH3 is 1. The van der Waals surface area contributed by atoms with Crippen LogP contribution in [-0.4, -0.2) is 28.0 Å². The summed E-state index contributed by atoms with van der Waals surface area (Å²) in [5, 5.41) is 1.63. The molecule has 1 heterocycles. The van der Waals surface area contributed by atoms with Crippen molar-refractivity contribution in [2.24, 2.45) is 0 Å². The number of rotatable bonds is 7. The fourth-order valence-electron chi connectivity index (χ4n) is 2.68. The van der Waals surface area contributed by atoms with Gasteiger partial charge in [0.1, 0.15) is 16.8 Å². The second-order valence-electron chi connectivity index (χ2n) is 5.94. The van der Waals surface area contributed by atoms with E-state index in [1.165, 1.54) is 25.5 Å². The number of amides is 1. The largest absolute Gasteiger partial charge is 0.497 e. The number of hydrogen-bond acceptors (Lipinski definition) is 5. The Kier molecular flexibility index (Phi) is 6.21. The summed E-state index contributed by atoms with van der Waals surface area (Å²) in [5.74, 6) is 0.435. The van der Waals surface area contributed by atoms with E-state index in [2.05, 4.69) is 21.2 Å². The molecule has 3 aromatic rings. The summed E-state index contributed by atoms with van der Waals surface area (Å²) in [6, 6.07) is 16.1. The van der Waals surface area contributed by atoms with Crippen molar-refractivity contribution in [3.63, 3.8) is 0 Å². The average Bonchev–Trinajstić information content (AvgIpc) is 3.22. The van der Waals surface area contributed by atoms with E-state index in [9.17, 15) is 13.2 Å². The van der Waals surface area contributed by atoms with Crippen molar-refractivity contribution in [1.82, 2.24) is 5.32 Å². The molecule has 0 aliphatic heterocycles. The summed E-state index contributed by atoms with van der Waals surface area (Å²) in [7, 11) is -2.30. The summed E-state index contributed by atoms with van der Waals surface area (Å²) < 4.78 is 37.5. The standard InChI is InChI=1S/C20H18BrNO5S/c1-26-16-7-9-17(10-8-16)28(24,25)19(18-6-3-11-27-18)13-22-20(23)14-4-2-5-15(21)12-14/h2-12,19H,13H2,1H3,(H,22,23)/t19-/m1/s1. The fraction of sp³-hybridized carbons (Fsp3) is 0.150. The summed E-state index contributed by atoms with van der Waals surface area (Å²) >= 11 is 3.31. The van der Waals surface area contributed by atoms with Crippen LogP contribution in [0.4, 0.5) is 0 Å². The third-order valence-electron chi connectivity index (χ3n) is 4.16. The highest BCUT2D eigenvalue weighted by atomic mass is 79.9. The molecule has 0 bridgehead atoms. The Labute approximate surface area is 171 Å². The molecule has 1 atom stereocenters. The Balaban J connectivity index is 1.86. The van der Waals surface area contributed by atoms with E-state index in [1.807, 2.05) is 0 Å². The highest BCUT2D eigenvalue weighted by molar-refractivity contribution is 9.10. The molecule has 28 heavy (non-hydrogen) atoms. The first kappa shape index (κ1) is 20.2. The Hall–Kier alpha value is -2.58. The monoisotopic (exact) mass is 463 g/mol. The molecule has 1 amide bonds. The fourth-order valence-corrected chi connectivity index (χ4v) is 4.67. The minimum absolute atomic E-state index is 0.117. The molecule has 0 spiro atoms. The number of ether oxygens (including phenoxy) is 1. The zero-order chi connectivity index (χ0) is 20.1. The van der Waals surface area contributed by atoms with Crippen LogP contribution in [0.25, 0.3) is 0 Å². The molecule has 0 saturated heterocycles. The summed E-state index contributed by atoms with van der Waals surface area (Å²) in [5.41, 5.74) is 0.425. The van der Waals surface area contributed by atoms with Crippen molar-refractivity contribution in [2.75, 3.05) is 13.7 Å². The third kappa shape index (κ3) is 4.45. The van der Waals surface area contributed by atoms with Crippen molar-refractivity contribution in [2.45, 2.75) is 10.1 Å². The minimum Gasteiger partial charge on any atom is -0.497 e. The number of hydrogen-bond donors (Lipinski definition) is 1. The normalized spacial score (nSPS) is 12.4. The van der Waals surface area contributed by atoms with Gasteiger partial charge >= 0.3 is 0 Å². The molecule has 146 valence electrons. The lowest BCUT2D eigenvalue weighted by Crippen LogP contribution is -2.31. The first-order valence-corrected chi connectivity index (χ1v) is 10.7. The molecule has 8 heteroatoms. The molecular weight excluding hydrogens is 446 g/mol. The van der Waals surface area contributed by atoms with Crippen LogP contribution in [0.15, 0.2) is 80.7 Å². The molecule has 0 unspecified atom stereocenters. The smallest absolute Gasteiger partial charge is 0.251 e. The maximum absolute atomic E-state index is 13.2. The Bertz CT molecular complexity index is 1050. The summed E-state index contributed by atoms with van der Waals surface area (Å²) in [6.07, 6.45) is 1.40. The maximum Gasteiger partial charge on any atom is 0.251 e. The maximum atomic E-state index is 13.2. The van der Waals surface area contributed by atoms with Gasteiger partial charge in [-0.05, 0) is 54.6 Å². The topological polar surface area (TPSA) is 85.6 Å². The van der Waals surface area contributed by atoms with Crippen LogP contribution in [0.3, 0.4) is 0 Å². The van der Waals surface area contributed by atoms with Crippen LogP contribution in [0.5, 0.6) is 5.75 Å². The molecule has 0 saturated carbocycles. The van der Waals surface area contributed by atoms with Crippen molar-refractivity contribution >= 4 is 31.7 Å². The van der Waals surface area contributed by atoms with Gasteiger partial charge in [0.25, 0.3) is 5.91 Å². The molecule has 0 radical (unpaired) electrons. The zero-order valence-electron chi connectivity index (χ0n) is 15.0. The van der Waals surface area contributed by atoms with Gasteiger partial charge in [-0.25, -0.2) is 8.42 Å². The van der Waals surface area contributed by atoms with E-state index in [0.717, 1.165) is 4.47 Å². The van der Waals surface area contributed by atoms with Crippen LogP contribution in [0.2, 0.25) is 0 Å². The molecule has 3 rings (SSSR count). The summed E-state index contributed by atoms with van der Waals surface area (Å²) in [4.78, 5) is 12.6.